The average molecular weight is 130 g/mol. The second kappa shape index (κ2) is 2.71. The van der Waals surface area contributed by atoms with Gasteiger partial charge in [-0.2, -0.15) is 0 Å². The molecule has 1 fully saturated rings. The van der Waals surface area contributed by atoms with Crippen molar-refractivity contribution in [3.05, 3.63) is 0 Å². The fraction of sp³-hybridized carbons (Fsp3) is 0.833. The SMILES string of the molecule is CCC[C@@H]1COC(=O)O1. The van der Waals surface area contributed by atoms with E-state index in [0.29, 0.717) is 6.61 Å². The van der Waals surface area contributed by atoms with Crippen molar-refractivity contribution in [3.63, 3.8) is 0 Å². The van der Waals surface area contributed by atoms with Gasteiger partial charge in [0.25, 0.3) is 0 Å². The predicted octanol–water partition coefficient (Wildman–Crippen LogP) is 1.32. The molecule has 0 aromatic rings. The van der Waals surface area contributed by atoms with Gasteiger partial charge in [-0.15, -0.1) is 0 Å². The lowest BCUT2D eigenvalue weighted by atomic mass is 10.2. The van der Waals surface area contributed by atoms with Crippen molar-refractivity contribution in [1.82, 2.24) is 0 Å². The Balaban J connectivity index is 2.22. The minimum absolute atomic E-state index is 0.0162. The summed E-state index contributed by atoms with van der Waals surface area (Å²) in [4.78, 5) is 10.3. The van der Waals surface area contributed by atoms with Crippen molar-refractivity contribution in [2.45, 2.75) is 25.9 Å². The normalized spacial score (nSPS) is 25.4. The lowest BCUT2D eigenvalue weighted by molar-refractivity contribution is 0.116. The monoisotopic (exact) mass is 130 g/mol. The number of carbonyl (C=O) groups excluding carboxylic acids is 1. The van der Waals surface area contributed by atoms with Crippen LogP contribution < -0.4 is 0 Å². The molecule has 0 aliphatic carbocycles. The summed E-state index contributed by atoms with van der Waals surface area (Å²) in [6.45, 7) is 2.48. The van der Waals surface area contributed by atoms with Crippen LogP contribution in [0.2, 0.25) is 0 Å². The Bertz CT molecular complexity index is 111. The average Bonchev–Trinajstić information content (AvgIpc) is 2.17. The first-order valence-corrected chi connectivity index (χ1v) is 3.16. The van der Waals surface area contributed by atoms with Gasteiger partial charge >= 0.3 is 6.16 Å². The molecule has 0 bridgehead atoms. The van der Waals surface area contributed by atoms with Crippen LogP contribution in [0, 0.1) is 0 Å². The third kappa shape index (κ3) is 1.59. The molecule has 0 aromatic heterocycles. The van der Waals surface area contributed by atoms with E-state index in [4.69, 9.17) is 4.74 Å². The third-order valence-corrected chi connectivity index (χ3v) is 1.26. The Morgan fingerprint density at radius 3 is 3.00 bits per heavy atom. The van der Waals surface area contributed by atoms with E-state index < -0.39 is 6.16 Å². The quantitative estimate of drug-likeness (QED) is 0.529. The predicted molar refractivity (Wildman–Crippen MR) is 31.1 cm³/mol. The van der Waals surface area contributed by atoms with Crippen molar-refractivity contribution in [2.24, 2.45) is 0 Å². The molecule has 0 unspecified atom stereocenters. The highest BCUT2D eigenvalue weighted by Gasteiger charge is 2.23. The summed E-state index contributed by atoms with van der Waals surface area (Å²) in [5, 5.41) is 0. The maximum Gasteiger partial charge on any atom is 0.508 e. The lowest BCUT2D eigenvalue weighted by Gasteiger charge is -2.00. The van der Waals surface area contributed by atoms with Gasteiger partial charge in [-0.05, 0) is 6.42 Å². The Morgan fingerprint density at radius 2 is 2.56 bits per heavy atom. The van der Waals surface area contributed by atoms with Gasteiger partial charge in [0.05, 0.1) is 0 Å². The van der Waals surface area contributed by atoms with Crippen LogP contribution in [-0.4, -0.2) is 18.9 Å². The summed E-state index contributed by atoms with van der Waals surface area (Å²) in [6.07, 6.45) is 1.43. The maximum atomic E-state index is 10.3. The molecular formula is C6H10O3. The summed E-state index contributed by atoms with van der Waals surface area (Å²) in [5.74, 6) is 0. The molecule has 9 heavy (non-hydrogen) atoms. The lowest BCUT2D eigenvalue weighted by Crippen LogP contribution is -2.08. The van der Waals surface area contributed by atoms with Gasteiger partial charge in [-0.25, -0.2) is 4.79 Å². The van der Waals surface area contributed by atoms with Crippen molar-refractivity contribution in [1.29, 1.82) is 0 Å². The highest BCUT2D eigenvalue weighted by Crippen LogP contribution is 2.10. The molecule has 0 N–H and O–H groups in total. The minimum Gasteiger partial charge on any atom is -0.430 e. The van der Waals surface area contributed by atoms with Crippen LogP contribution in [0.25, 0.3) is 0 Å². The molecule has 1 rings (SSSR count). The number of rotatable bonds is 2. The fourth-order valence-corrected chi connectivity index (χ4v) is 0.829. The molecule has 1 atom stereocenters. The molecule has 1 aliphatic heterocycles. The van der Waals surface area contributed by atoms with E-state index in [0.717, 1.165) is 12.8 Å². The van der Waals surface area contributed by atoms with Crippen LogP contribution in [0.3, 0.4) is 0 Å². The molecule has 0 radical (unpaired) electrons. The van der Waals surface area contributed by atoms with Gasteiger partial charge in [0, 0.05) is 0 Å². The van der Waals surface area contributed by atoms with E-state index in [1.54, 1.807) is 0 Å². The van der Waals surface area contributed by atoms with Crippen LogP contribution in [0.4, 0.5) is 4.79 Å². The van der Waals surface area contributed by atoms with Gasteiger partial charge in [0.15, 0.2) is 0 Å². The van der Waals surface area contributed by atoms with Gasteiger partial charge in [-0.3, -0.25) is 0 Å². The van der Waals surface area contributed by atoms with Crippen molar-refractivity contribution in [3.8, 4) is 0 Å². The molecule has 0 amide bonds. The van der Waals surface area contributed by atoms with Crippen molar-refractivity contribution in [2.75, 3.05) is 6.61 Å². The summed E-state index contributed by atoms with van der Waals surface area (Å²) in [7, 11) is 0. The zero-order chi connectivity index (χ0) is 6.69. The summed E-state index contributed by atoms with van der Waals surface area (Å²) < 4.78 is 9.30. The van der Waals surface area contributed by atoms with E-state index >= 15 is 0 Å². The summed E-state index contributed by atoms with van der Waals surface area (Å²) in [5.41, 5.74) is 0. The van der Waals surface area contributed by atoms with Crippen LogP contribution in [-0.2, 0) is 9.47 Å². The second-order valence-corrected chi connectivity index (χ2v) is 2.09. The third-order valence-electron chi connectivity index (χ3n) is 1.26. The molecule has 0 saturated carbocycles. The van der Waals surface area contributed by atoms with Gasteiger partial charge in [-0.1, -0.05) is 13.3 Å². The Hall–Kier alpha value is -0.730. The van der Waals surface area contributed by atoms with Crippen LogP contribution in [0.5, 0.6) is 0 Å². The Morgan fingerprint density at radius 1 is 1.78 bits per heavy atom. The highest BCUT2D eigenvalue weighted by molar-refractivity contribution is 5.61. The van der Waals surface area contributed by atoms with E-state index in [1.807, 2.05) is 6.92 Å². The van der Waals surface area contributed by atoms with Crippen molar-refractivity contribution >= 4 is 6.16 Å². The number of ether oxygens (including phenoxy) is 2. The molecule has 3 heteroatoms. The van der Waals surface area contributed by atoms with E-state index in [-0.39, 0.29) is 6.10 Å². The van der Waals surface area contributed by atoms with Gasteiger partial charge in [0.1, 0.15) is 12.7 Å². The van der Waals surface area contributed by atoms with E-state index in [2.05, 4.69) is 4.74 Å². The van der Waals surface area contributed by atoms with E-state index in [9.17, 15) is 4.79 Å². The number of hydrogen-bond acceptors (Lipinski definition) is 3. The first-order valence-electron chi connectivity index (χ1n) is 3.16. The molecular weight excluding hydrogens is 120 g/mol. The van der Waals surface area contributed by atoms with Crippen LogP contribution in [0.1, 0.15) is 19.8 Å². The molecule has 0 aromatic carbocycles. The largest absolute Gasteiger partial charge is 0.508 e. The minimum atomic E-state index is -0.520. The molecule has 0 spiro atoms. The number of cyclic esters (lactones) is 2. The van der Waals surface area contributed by atoms with Gasteiger partial charge in [0.2, 0.25) is 0 Å². The first-order chi connectivity index (χ1) is 4.33. The Labute approximate surface area is 53.9 Å². The molecule has 1 aliphatic rings. The summed E-state index contributed by atoms with van der Waals surface area (Å²) in [6, 6.07) is 0. The second-order valence-electron chi connectivity index (χ2n) is 2.09. The van der Waals surface area contributed by atoms with Crippen molar-refractivity contribution < 1.29 is 14.3 Å². The number of carbonyl (C=O) groups is 1. The highest BCUT2D eigenvalue weighted by atomic mass is 16.8. The van der Waals surface area contributed by atoms with Crippen LogP contribution in [0.15, 0.2) is 0 Å². The molecule has 52 valence electrons. The van der Waals surface area contributed by atoms with Crippen LogP contribution >= 0.6 is 0 Å². The summed E-state index contributed by atoms with van der Waals surface area (Å²) >= 11 is 0. The Kier molecular flexibility index (Phi) is 1.92. The first kappa shape index (κ1) is 6.39. The number of hydrogen-bond donors (Lipinski definition) is 0. The fourth-order valence-electron chi connectivity index (χ4n) is 0.829. The standard InChI is InChI=1S/C6H10O3/c1-2-3-5-4-8-6(7)9-5/h5H,2-4H2,1H3/t5-/m1/s1. The molecule has 3 nitrogen and oxygen atoms in total. The molecule has 1 saturated heterocycles. The zero-order valence-electron chi connectivity index (χ0n) is 5.42. The molecule has 1 heterocycles. The topological polar surface area (TPSA) is 35.5 Å². The van der Waals surface area contributed by atoms with E-state index in [1.165, 1.54) is 0 Å². The maximum absolute atomic E-state index is 10.3. The van der Waals surface area contributed by atoms with Gasteiger partial charge < -0.3 is 9.47 Å². The zero-order valence-corrected chi connectivity index (χ0v) is 5.42. The smallest absolute Gasteiger partial charge is 0.430 e.